The molecule has 1 aromatic rings. The van der Waals surface area contributed by atoms with Crippen molar-refractivity contribution >= 4 is 5.97 Å². The zero-order valence-electron chi connectivity index (χ0n) is 11.2. The normalized spacial score (nSPS) is 21.4. The summed E-state index contributed by atoms with van der Waals surface area (Å²) in [6, 6.07) is 7.70. The number of phenols is 1. The van der Waals surface area contributed by atoms with E-state index in [0.29, 0.717) is 17.7 Å². The molecule has 0 radical (unpaired) electrons. The molecule has 4 nitrogen and oxygen atoms in total. The van der Waals surface area contributed by atoms with Crippen LogP contribution in [0.5, 0.6) is 5.75 Å². The molecule has 0 saturated carbocycles. The molecule has 1 saturated heterocycles. The molecule has 1 aliphatic heterocycles. The second kappa shape index (κ2) is 6.06. The van der Waals surface area contributed by atoms with Gasteiger partial charge in [0.05, 0.1) is 0 Å². The molecule has 19 heavy (non-hydrogen) atoms. The van der Waals surface area contributed by atoms with Crippen LogP contribution < -0.4 is 0 Å². The topological polar surface area (TPSA) is 60.8 Å². The molecular weight excluding hydrogens is 242 g/mol. The van der Waals surface area contributed by atoms with Crippen LogP contribution in [0.2, 0.25) is 0 Å². The number of rotatable bonds is 5. The summed E-state index contributed by atoms with van der Waals surface area (Å²) in [6.07, 6.45) is 2.19. The van der Waals surface area contributed by atoms with Gasteiger partial charge < -0.3 is 15.1 Å². The molecule has 4 heteroatoms. The molecule has 1 fully saturated rings. The van der Waals surface area contributed by atoms with Crippen LogP contribution in [0.15, 0.2) is 24.3 Å². The zero-order valence-corrected chi connectivity index (χ0v) is 11.2. The van der Waals surface area contributed by atoms with Gasteiger partial charge in [-0.25, -0.2) is 0 Å². The maximum atomic E-state index is 10.7. The van der Waals surface area contributed by atoms with Gasteiger partial charge >= 0.3 is 5.97 Å². The number of aliphatic carboxylic acids is 1. The second-order valence-electron chi connectivity index (χ2n) is 5.47. The number of carbonyl (C=O) groups is 1. The number of nitrogens with zero attached hydrogens (tertiary/aromatic N) is 1. The first-order chi connectivity index (χ1) is 9.04. The SMILES string of the molecule is CC(Cc1ccc(O)cc1)N1CCC(CC(=O)O)C1. The van der Waals surface area contributed by atoms with Gasteiger partial charge in [-0.3, -0.25) is 4.79 Å². The quantitative estimate of drug-likeness (QED) is 0.854. The second-order valence-corrected chi connectivity index (χ2v) is 5.47. The third-order valence-electron chi connectivity index (χ3n) is 3.87. The highest BCUT2D eigenvalue weighted by atomic mass is 16.4. The monoisotopic (exact) mass is 263 g/mol. The highest BCUT2D eigenvalue weighted by Gasteiger charge is 2.27. The molecule has 0 spiro atoms. The van der Waals surface area contributed by atoms with Gasteiger partial charge in [-0.2, -0.15) is 0 Å². The first-order valence-corrected chi connectivity index (χ1v) is 6.78. The minimum absolute atomic E-state index is 0.280. The number of aromatic hydroxyl groups is 1. The van der Waals surface area contributed by atoms with Gasteiger partial charge in [-0.1, -0.05) is 12.1 Å². The Kier molecular flexibility index (Phi) is 4.43. The molecule has 2 N–H and O–H groups in total. The minimum Gasteiger partial charge on any atom is -0.508 e. The van der Waals surface area contributed by atoms with Crippen LogP contribution in [0, 0.1) is 5.92 Å². The van der Waals surface area contributed by atoms with Crippen molar-refractivity contribution in [2.24, 2.45) is 5.92 Å². The Balaban J connectivity index is 1.85. The predicted molar refractivity (Wildman–Crippen MR) is 73.2 cm³/mol. The van der Waals surface area contributed by atoms with E-state index in [1.54, 1.807) is 12.1 Å². The van der Waals surface area contributed by atoms with Gasteiger partial charge in [0.2, 0.25) is 0 Å². The van der Waals surface area contributed by atoms with Crippen molar-refractivity contribution in [3.8, 4) is 5.75 Å². The van der Waals surface area contributed by atoms with E-state index in [2.05, 4.69) is 11.8 Å². The van der Waals surface area contributed by atoms with Gasteiger partial charge in [0.25, 0.3) is 0 Å². The number of likely N-dealkylation sites (tertiary alicyclic amines) is 1. The Hall–Kier alpha value is -1.55. The molecule has 1 heterocycles. The highest BCUT2D eigenvalue weighted by molar-refractivity contribution is 5.67. The Morgan fingerprint density at radius 2 is 2.11 bits per heavy atom. The summed E-state index contributed by atoms with van der Waals surface area (Å²) in [5, 5.41) is 18.1. The number of carboxylic acid groups (broad SMARTS) is 1. The molecule has 0 amide bonds. The average Bonchev–Trinajstić information content (AvgIpc) is 2.80. The molecular formula is C15H21NO3. The van der Waals surface area contributed by atoms with Crippen molar-refractivity contribution < 1.29 is 15.0 Å². The minimum atomic E-state index is -0.696. The molecule has 2 atom stereocenters. The molecule has 0 bridgehead atoms. The van der Waals surface area contributed by atoms with E-state index in [-0.39, 0.29) is 6.42 Å². The molecule has 1 aliphatic rings. The summed E-state index contributed by atoms with van der Waals surface area (Å²) in [5.74, 6) is -0.114. The Morgan fingerprint density at radius 3 is 2.74 bits per heavy atom. The standard InChI is InChI=1S/C15H21NO3/c1-11(8-12-2-4-14(17)5-3-12)16-7-6-13(10-16)9-15(18)19/h2-5,11,13,17H,6-10H2,1H3,(H,18,19). The van der Waals surface area contributed by atoms with Gasteiger partial charge in [-0.05, 0) is 49.9 Å². The lowest BCUT2D eigenvalue weighted by molar-refractivity contribution is -0.138. The molecule has 0 aliphatic carbocycles. The molecule has 1 aromatic carbocycles. The van der Waals surface area contributed by atoms with Crippen LogP contribution in [-0.4, -0.2) is 40.2 Å². The fourth-order valence-corrected chi connectivity index (χ4v) is 2.78. The van der Waals surface area contributed by atoms with E-state index in [4.69, 9.17) is 5.11 Å². The van der Waals surface area contributed by atoms with Crippen molar-refractivity contribution in [1.29, 1.82) is 0 Å². The van der Waals surface area contributed by atoms with E-state index in [0.717, 1.165) is 25.9 Å². The maximum Gasteiger partial charge on any atom is 0.303 e. The van der Waals surface area contributed by atoms with Crippen LogP contribution in [-0.2, 0) is 11.2 Å². The number of hydrogen-bond acceptors (Lipinski definition) is 3. The van der Waals surface area contributed by atoms with Crippen molar-refractivity contribution in [3.63, 3.8) is 0 Å². The lowest BCUT2D eigenvalue weighted by Gasteiger charge is -2.24. The summed E-state index contributed by atoms with van der Waals surface area (Å²) < 4.78 is 0. The van der Waals surface area contributed by atoms with E-state index in [1.165, 1.54) is 5.56 Å². The third kappa shape index (κ3) is 3.96. The number of hydrogen-bond donors (Lipinski definition) is 2. The van der Waals surface area contributed by atoms with E-state index < -0.39 is 5.97 Å². The average molecular weight is 263 g/mol. The van der Waals surface area contributed by atoms with Crippen LogP contribution in [0.1, 0.15) is 25.3 Å². The Labute approximate surface area is 113 Å². The first-order valence-electron chi connectivity index (χ1n) is 6.78. The van der Waals surface area contributed by atoms with Crippen LogP contribution in [0.3, 0.4) is 0 Å². The van der Waals surface area contributed by atoms with Crippen LogP contribution >= 0.6 is 0 Å². The van der Waals surface area contributed by atoms with Crippen molar-refractivity contribution in [1.82, 2.24) is 4.90 Å². The lowest BCUT2D eigenvalue weighted by Crippen LogP contribution is -2.32. The van der Waals surface area contributed by atoms with Crippen molar-refractivity contribution in [2.45, 2.75) is 32.2 Å². The molecule has 0 aromatic heterocycles. The van der Waals surface area contributed by atoms with Crippen LogP contribution in [0.25, 0.3) is 0 Å². The molecule has 2 rings (SSSR count). The summed E-state index contributed by atoms with van der Waals surface area (Å²) in [7, 11) is 0. The fourth-order valence-electron chi connectivity index (χ4n) is 2.78. The van der Waals surface area contributed by atoms with E-state index in [9.17, 15) is 9.90 Å². The smallest absolute Gasteiger partial charge is 0.303 e. The maximum absolute atomic E-state index is 10.7. The number of benzene rings is 1. The fraction of sp³-hybridized carbons (Fsp3) is 0.533. The first kappa shape index (κ1) is 13.9. The summed E-state index contributed by atoms with van der Waals surface area (Å²) >= 11 is 0. The summed E-state index contributed by atoms with van der Waals surface area (Å²) in [4.78, 5) is 13.1. The van der Waals surface area contributed by atoms with Gasteiger partial charge in [0.1, 0.15) is 5.75 Å². The highest BCUT2D eigenvalue weighted by Crippen LogP contribution is 2.23. The van der Waals surface area contributed by atoms with Gasteiger partial charge in [0, 0.05) is 19.0 Å². The van der Waals surface area contributed by atoms with Crippen molar-refractivity contribution in [3.05, 3.63) is 29.8 Å². The Bertz CT molecular complexity index is 430. The van der Waals surface area contributed by atoms with E-state index in [1.807, 2.05) is 12.1 Å². The largest absolute Gasteiger partial charge is 0.508 e. The third-order valence-corrected chi connectivity index (χ3v) is 3.87. The lowest BCUT2D eigenvalue weighted by atomic mass is 10.0. The number of carboxylic acids is 1. The zero-order chi connectivity index (χ0) is 13.8. The molecule has 104 valence electrons. The molecule has 2 unspecified atom stereocenters. The van der Waals surface area contributed by atoms with Gasteiger partial charge in [0.15, 0.2) is 0 Å². The Morgan fingerprint density at radius 1 is 1.42 bits per heavy atom. The summed E-state index contributed by atoms with van der Waals surface area (Å²) in [5.41, 5.74) is 1.20. The van der Waals surface area contributed by atoms with E-state index >= 15 is 0 Å². The van der Waals surface area contributed by atoms with Crippen LogP contribution in [0.4, 0.5) is 0 Å². The summed E-state index contributed by atoms with van der Waals surface area (Å²) in [6.45, 7) is 4.04. The predicted octanol–water partition coefficient (Wildman–Crippen LogP) is 2.12. The number of phenolic OH excluding ortho intramolecular Hbond substituents is 1. The van der Waals surface area contributed by atoms with Gasteiger partial charge in [-0.15, -0.1) is 0 Å². The van der Waals surface area contributed by atoms with Crippen molar-refractivity contribution in [2.75, 3.05) is 13.1 Å².